The minimum absolute atomic E-state index is 0.0899. The summed E-state index contributed by atoms with van der Waals surface area (Å²) in [5.41, 5.74) is 2.88. The molecule has 3 rings (SSSR count). The van der Waals surface area contributed by atoms with Crippen molar-refractivity contribution >= 4 is 11.8 Å². The minimum atomic E-state index is -0.652. The monoisotopic (exact) mass is 344 g/mol. The molecule has 2 amide bonds. The van der Waals surface area contributed by atoms with Crippen molar-refractivity contribution in [2.45, 2.75) is 57.8 Å². The lowest BCUT2D eigenvalue weighted by Gasteiger charge is -2.38. The predicted octanol–water partition coefficient (Wildman–Crippen LogP) is 2.94. The van der Waals surface area contributed by atoms with Gasteiger partial charge >= 0.3 is 0 Å². The van der Waals surface area contributed by atoms with E-state index in [2.05, 4.69) is 0 Å². The number of amides is 2. The second kappa shape index (κ2) is 6.79. The molecule has 0 aromatic heterocycles. The smallest absolute Gasteiger partial charge is 0.251 e. The van der Waals surface area contributed by atoms with E-state index >= 15 is 0 Å². The number of carbonyl (C=O) groups is 2. The molecule has 0 radical (unpaired) electrons. The molecule has 0 bridgehead atoms. The van der Waals surface area contributed by atoms with Gasteiger partial charge < -0.3 is 4.90 Å². The van der Waals surface area contributed by atoms with Gasteiger partial charge in [0.25, 0.3) is 5.91 Å². The summed E-state index contributed by atoms with van der Waals surface area (Å²) in [5.74, 6) is -0.254. The average molecular weight is 344 g/mol. The van der Waals surface area contributed by atoms with Crippen LogP contribution in [0.25, 0.3) is 0 Å². The van der Waals surface area contributed by atoms with Crippen LogP contribution in [0.4, 0.5) is 0 Å². The van der Waals surface area contributed by atoms with Crippen LogP contribution in [0.2, 0.25) is 0 Å². The first-order valence-electron chi connectivity index (χ1n) is 9.22. The number of likely N-dealkylation sites (tertiary alicyclic amines) is 1. The Balaban J connectivity index is 1.81. The van der Waals surface area contributed by atoms with Gasteiger partial charge in [-0.2, -0.15) is 0 Å². The number of benzene rings is 1. The largest absolute Gasteiger partial charge is 0.341 e. The van der Waals surface area contributed by atoms with E-state index in [1.807, 2.05) is 48.5 Å². The Hall–Kier alpha value is -1.88. The Bertz CT molecular complexity index is 649. The molecule has 2 aliphatic rings. The van der Waals surface area contributed by atoms with Gasteiger partial charge in [-0.15, -0.1) is 0 Å². The molecule has 1 aliphatic heterocycles. The minimum Gasteiger partial charge on any atom is -0.341 e. The molecule has 5 nitrogen and oxygen atoms in total. The number of nitrogens with one attached hydrogen (secondary N) is 1. The lowest BCUT2D eigenvalue weighted by atomic mass is 9.73. The van der Waals surface area contributed by atoms with Crippen molar-refractivity contribution in [1.82, 2.24) is 10.4 Å². The summed E-state index contributed by atoms with van der Waals surface area (Å²) in [6.45, 7) is 5.10. The standard InChI is InChI=1S/C20H28N2O3/c1-15-6-8-16(9-7-15)19(2)12-13-22(18(19)24)14-20(17(23)21-25)10-4-3-5-11-20/h6-9,25H,3-5,10-14H2,1-2H3,(H,21,23). The summed E-state index contributed by atoms with van der Waals surface area (Å²) < 4.78 is 0. The van der Waals surface area contributed by atoms with Crippen molar-refractivity contribution in [1.29, 1.82) is 0 Å². The highest BCUT2D eigenvalue weighted by molar-refractivity contribution is 5.91. The van der Waals surface area contributed by atoms with Crippen molar-refractivity contribution in [3.05, 3.63) is 35.4 Å². The number of hydrogen-bond donors (Lipinski definition) is 2. The van der Waals surface area contributed by atoms with E-state index in [1.165, 1.54) is 5.56 Å². The van der Waals surface area contributed by atoms with Crippen LogP contribution in [-0.4, -0.2) is 35.0 Å². The third-order valence-electron chi connectivity index (χ3n) is 6.22. The fourth-order valence-corrected chi connectivity index (χ4v) is 4.43. The Morgan fingerprint density at radius 3 is 2.40 bits per heavy atom. The third kappa shape index (κ3) is 3.17. The highest BCUT2D eigenvalue weighted by Crippen LogP contribution is 2.41. The molecule has 2 fully saturated rings. The van der Waals surface area contributed by atoms with Crippen LogP contribution in [0.5, 0.6) is 0 Å². The lowest BCUT2D eigenvalue weighted by Crippen LogP contribution is -2.50. The van der Waals surface area contributed by atoms with Gasteiger partial charge in [-0.1, -0.05) is 49.1 Å². The summed E-state index contributed by atoms with van der Waals surface area (Å²) in [6.07, 6.45) is 5.24. The zero-order valence-corrected chi connectivity index (χ0v) is 15.2. The highest BCUT2D eigenvalue weighted by atomic mass is 16.5. The van der Waals surface area contributed by atoms with Crippen LogP contribution >= 0.6 is 0 Å². The lowest BCUT2D eigenvalue weighted by molar-refractivity contribution is -0.145. The van der Waals surface area contributed by atoms with E-state index in [1.54, 1.807) is 0 Å². The first-order chi connectivity index (χ1) is 11.9. The maximum absolute atomic E-state index is 13.2. The van der Waals surface area contributed by atoms with E-state index < -0.39 is 10.8 Å². The molecular weight excluding hydrogens is 316 g/mol. The molecule has 0 spiro atoms. The molecule has 2 N–H and O–H groups in total. The molecular formula is C20H28N2O3. The average Bonchev–Trinajstić information content (AvgIpc) is 2.91. The normalized spacial score (nSPS) is 25.9. The van der Waals surface area contributed by atoms with Crippen LogP contribution in [0.3, 0.4) is 0 Å². The fourth-order valence-electron chi connectivity index (χ4n) is 4.43. The maximum atomic E-state index is 13.2. The van der Waals surface area contributed by atoms with E-state index in [-0.39, 0.29) is 11.8 Å². The van der Waals surface area contributed by atoms with E-state index in [9.17, 15) is 14.8 Å². The Labute approximate surface area is 149 Å². The van der Waals surface area contributed by atoms with Gasteiger partial charge in [0.15, 0.2) is 0 Å². The second-order valence-electron chi connectivity index (χ2n) is 7.96. The molecule has 1 saturated carbocycles. The molecule has 1 aromatic carbocycles. The summed E-state index contributed by atoms with van der Waals surface area (Å²) in [6, 6.07) is 8.15. The van der Waals surface area contributed by atoms with Crippen molar-refractivity contribution in [2.24, 2.45) is 5.41 Å². The Morgan fingerprint density at radius 1 is 1.16 bits per heavy atom. The zero-order valence-electron chi connectivity index (χ0n) is 15.2. The third-order valence-corrected chi connectivity index (χ3v) is 6.22. The molecule has 1 aromatic rings. The Morgan fingerprint density at radius 2 is 1.80 bits per heavy atom. The first kappa shape index (κ1) is 17.9. The van der Waals surface area contributed by atoms with Crippen LogP contribution in [0.1, 0.15) is 56.6 Å². The molecule has 1 saturated heterocycles. The van der Waals surface area contributed by atoms with Crippen molar-refractivity contribution in [3.63, 3.8) is 0 Å². The quantitative estimate of drug-likeness (QED) is 0.652. The number of hydrogen-bond acceptors (Lipinski definition) is 3. The molecule has 5 heteroatoms. The van der Waals surface area contributed by atoms with Crippen LogP contribution in [0, 0.1) is 12.3 Å². The van der Waals surface area contributed by atoms with Gasteiger partial charge in [-0.05, 0) is 38.7 Å². The Kier molecular flexibility index (Phi) is 4.87. The topological polar surface area (TPSA) is 69.6 Å². The van der Waals surface area contributed by atoms with Crippen LogP contribution in [-0.2, 0) is 15.0 Å². The van der Waals surface area contributed by atoms with Gasteiger partial charge in [0.05, 0.1) is 10.8 Å². The summed E-state index contributed by atoms with van der Waals surface area (Å²) in [4.78, 5) is 27.4. The van der Waals surface area contributed by atoms with Crippen molar-refractivity contribution in [2.75, 3.05) is 13.1 Å². The fraction of sp³-hybridized carbons (Fsp3) is 0.600. The van der Waals surface area contributed by atoms with Gasteiger partial charge in [-0.25, -0.2) is 5.48 Å². The number of aryl methyl sites for hydroxylation is 1. The van der Waals surface area contributed by atoms with Crippen LogP contribution < -0.4 is 5.48 Å². The SMILES string of the molecule is Cc1ccc(C2(C)CCN(CC3(C(=O)NO)CCCCC3)C2=O)cc1. The summed E-state index contributed by atoms with van der Waals surface area (Å²) in [7, 11) is 0. The molecule has 1 atom stereocenters. The number of hydroxylamine groups is 1. The molecule has 1 aliphatic carbocycles. The van der Waals surface area contributed by atoms with E-state index in [0.717, 1.165) is 44.1 Å². The van der Waals surface area contributed by atoms with E-state index in [0.29, 0.717) is 13.1 Å². The van der Waals surface area contributed by atoms with Crippen molar-refractivity contribution < 1.29 is 14.8 Å². The van der Waals surface area contributed by atoms with Crippen molar-refractivity contribution in [3.8, 4) is 0 Å². The van der Waals surface area contributed by atoms with Gasteiger partial charge in [-0.3, -0.25) is 14.8 Å². The number of rotatable bonds is 4. The molecule has 1 unspecified atom stereocenters. The van der Waals surface area contributed by atoms with E-state index in [4.69, 9.17) is 0 Å². The summed E-state index contributed by atoms with van der Waals surface area (Å²) >= 11 is 0. The van der Waals surface area contributed by atoms with Gasteiger partial charge in [0, 0.05) is 13.1 Å². The molecule has 25 heavy (non-hydrogen) atoms. The molecule has 1 heterocycles. The first-order valence-corrected chi connectivity index (χ1v) is 9.22. The maximum Gasteiger partial charge on any atom is 0.251 e. The van der Waals surface area contributed by atoms with Gasteiger partial charge in [0.2, 0.25) is 5.91 Å². The predicted molar refractivity (Wildman–Crippen MR) is 95.2 cm³/mol. The molecule has 136 valence electrons. The number of nitrogens with zero attached hydrogens (tertiary/aromatic N) is 1. The van der Waals surface area contributed by atoms with Crippen LogP contribution in [0.15, 0.2) is 24.3 Å². The highest BCUT2D eigenvalue weighted by Gasteiger charge is 2.48. The second-order valence-corrected chi connectivity index (χ2v) is 7.96. The summed E-state index contributed by atoms with van der Waals surface area (Å²) in [5, 5.41) is 9.20. The van der Waals surface area contributed by atoms with Gasteiger partial charge in [0.1, 0.15) is 0 Å². The zero-order chi connectivity index (χ0) is 18.1. The number of carbonyl (C=O) groups excluding carboxylic acids is 2.